The van der Waals surface area contributed by atoms with Gasteiger partial charge in [0.05, 0.1) is 92.1 Å². The molecule has 0 saturated carbocycles. The van der Waals surface area contributed by atoms with Crippen LogP contribution in [0.5, 0.6) is 0 Å². The first-order valence-corrected chi connectivity index (χ1v) is 11.7. The van der Waals surface area contributed by atoms with Gasteiger partial charge in [-0.1, -0.05) is 0 Å². The Hall–Kier alpha value is -0.720. The highest BCUT2D eigenvalue weighted by Crippen LogP contribution is 1.96. The minimum absolute atomic E-state index is 0.0509. The minimum atomic E-state index is -0.485. The number of rotatable bonds is 25. The van der Waals surface area contributed by atoms with Crippen molar-refractivity contribution in [1.29, 1.82) is 0 Å². The molecule has 0 aliphatic carbocycles. The highest BCUT2D eigenvalue weighted by Gasteiger charge is 2.09. The molecule has 12 heteroatoms. The van der Waals surface area contributed by atoms with E-state index >= 15 is 0 Å². The average molecular weight is 507 g/mol. The summed E-state index contributed by atoms with van der Waals surface area (Å²) in [6.45, 7) is 5.26. The fraction of sp³-hybridized carbons (Fsp3) is 0.900. The molecule has 0 spiro atoms. The lowest BCUT2D eigenvalue weighted by Crippen LogP contribution is -2.16. The Balaban J connectivity index is 3.30. The van der Waals surface area contributed by atoms with Gasteiger partial charge in [-0.2, -0.15) is 0 Å². The Morgan fingerprint density at radius 1 is 0.406 bits per heavy atom. The average Bonchev–Trinajstić information content (AvgIpc) is 2.79. The van der Waals surface area contributed by atoms with Crippen molar-refractivity contribution in [1.82, 2.24) is 0 Å². The Bertz CT molecular complexity index is 391. The van der Waals surface area contributed by atoms with Crippen molar-refractivity contribution in [3.05, 3.63) is 0 Å². The lowest BCUT2D eigenvalue weighted by molar-refractivity contribution is -0.152. The zero-order valence-corrected chi connectivity index (χ0v) is 20.1. The first-order valence-electron chi connectivity index (χ1n) is 10.6. The minimum Gasteiger partial charge on any atom is -0.463 e. The van der Waals surface area contributed by atoms with Gasteiger partial charge < -0.3 is 37.9 Å². The molecular weight excluding hydrogens is 471 g/mol. The molecule has 10 nitrogen and oxygen atoms in total. The standard InChI is InChI=1S/C20H36Cl2O10/c21-3-5-25-7-9-27-11-13-29-15-17-31-19(23)1-2-20(24)32-18-16-30-14-12-28-10-8-26-6-4-22/h1-18H2. The van der Waals surface area contributed by atoms with Crippen LogP contribution in [0.3, 0.4) is 0 Å². The van der Waals surface area contributed by atoms with Gasteiger partial charge in [0.1, 0.15) is 13.2 Å². The molecule has 0 atom stereocenters. The van der Waals surface area contributed by atoms with Crippen molar-refractivity contribution in [2.24, 2.45) is 0 Å². The van der Waals surface area contributed by atoms with Crippen molar-refractivity contribution >= 4 is 35.1 Å². The number of carbonyl (C=O) groups is 2. The van der Waals surface area contributed by atoms with Gasteiger partial charge in [0, 0.05) is 11.8 Å². The molecule has 32 heavy (non-hydrogen) atoms. The molecule has 0 aromatic carbocycles. The van der Waals surface area contributed by atoms with Crippen LogP contribution in [0.2, 0.25) is 0 Å². The van der Waals surface area contributed by atoms with Crippen molar-refractivity contribution in [3.63, 3.8) is 0 Å². The smallest absolute Gasteiger partial charge is 0.306 e. The van der Waals surface area contributed by atoms with E-state index in [2.05, 4.69) is 0 Å². The zero-order chi connectivity index (χ0) is 23.5. The van der Waals surface area contributed by atoms with Gasteiger partial charge in [-0.05, 0) is 0 Å². The molecule has 190 valence electrons. The molecule has 0 aromatic rings. The van der Waals surface area contributed by atoms with Crippen molar-refractivity contribution in [3.8, 4) is 0 Å². The van der Waals surface area contributed by atoms with Gasteiger partial charge in [-0.3, -0.25) is 9.59 Å². The van der Waals surface area contributed by atoms with E-state index in [0.717, 1.165) is 0 Å². The van der Waals surface area contributed by atoms with E-state index in [1.807, 2.05) is 0 Å². The Kier molecular flexibility index (Phi) is 25.9. The van der Waals surface area contributed by atoms with Crippen molar-refractivity contribution in [2.75, 3.05) is 104 Å². The van der Waals surface area contributed by atoms with Gasteiger partial charge in [-0.15, -0.1) is 23.2 Å². The maximum Gasteiger partial charge on any atom is 0.306 e. The second-order valence-electron chi connectivity index (χ2n) is 5.99. The molecule has 0 saturated heterocycles. The summed E-state index contributed by atoms with van der Waals surface area (Å²) < 4.78 is 41.3. The first-order chi connectivity index (χ1) is 15.7. The summed E-state index contributed by atoms with van der Waals surface area (Å²) in [7, 11) is 0. The number of ether oxygens (including phenoxy) is 8. The number of carbonyl (C=O) groups excluding carboxylic acids is 2. The van der Waals surface area contributed by atoms with Gasteiger partial charge >= 0.3 is 11.9 Å². The van der Waals surface area contributed by atoms with E-state index in [1.54, 1.807) is 0 Å². The monoisotopic (exact) mass is 506 g/mol. The fourth-order valence-electron chi connectivity index (χ4n) is 1.97. The third-order valence-corrected chi connectivity index (χ3v) is 3.75. The molecule has 0 rings (SSSR count). The molecule has 0 aliphatic rings. The van der Waals surface area contributed by atoms with E-state index < -0.39 is 11.9 Å². The Morgan fingerprint density at radius 3 is 0.938 bits per heavy atom. The van der Waals surface area contributed by atoms with E-state index in [9.17, 15) is 9.59 Å². The van der Waals surface area contributed by atoms with Crippen LogP contribution in [-0.4, -0.2) is 116 Å². The normalized spacial score (nSPS) is 10.9. The molecule has 0 heterocycles. The van der Waals surface area contributed by atoms with Crippen molar-refractivity contribution in [2.45, 2.75) is 12.8 Å². The highest BCUT2D eigenvalue weighted by molar-refractivity contribution is 6.18. The lowest BCUT2D eigenvalue weighted by atomic mass is 10.3. The van der Waals surface area contributed by atoms with Crippen LogP contribution < -0.4 is 0 Å². The summed E-state index contributed by atoms with van der Waals surface area (Å²) in [5, 5.41) is 0. The first kappa shape index (κ1) is 31.3. The summed E-state index contributed by atoms with van der Waals surface area (Å²) in [6.07, 6.45) is -0.102. The van der Waals surface area contributed by atoms with Crippen LogP contribution >= 0.6 is 23.2 Å². The van der Waals surface area contributed by atoms with Gasteiger partial charge in [-0.25, -0.2) is 0 Å². The molecular formula is C20H36Cl2O10. The maximum absolute atomic E-state index is 11.6. The van der Waals surface area contributed by atoms with Crippen molar-refractivity contribution < 1.29 is 47.5 Å². The van der Waals surface area contributed by atoms with Crippen LogP contribution in [-0.2, 0) is 47.5 Å². The molecule has 0 aliphatic heterocycles. The van der Waals surface area contributed by atoms with E-state index in [-0.39, 0.29) is 39.3 Å². The SMILES string of the molecule is O=C(CCC(=O)OCCOCCOCCOCCCl)OCCOCCOCCOCCCl. The fourth-order valence-corrected chi connectivity index (χ4v) is 2.19. The van der Waals surface area contributed by atoms with Gasteiger partial charge in [0.2, 0.25) is 0 Å². The highest BCUT2D eigenvalue weighted by atomic mass is 35.5. The predicted octanol–water partition coefficient (Wildman–Crippen LogP) is 1.43. The number of alkyl halides is 2. The number of hydrogen-bond acceptors (Lipinski definition) is 10. The third kappa shape index (κ3) is 25.5. The zero-order valence-electron chi connectivity index (χ0n) is 18.6. The predicted molar refractivity (Wildman–Crippen MR) is 118 cm³/mol. The maximum atomic E-state index is 11.6. The summed E-state index contributed by atoms with van der Waals surface area (Å²) in [5.74, 6) is -0.0484. The largest absolute Gasteiger partial charge is 0.463 e. The topological polar surface area (TPSA) is 108 Å². The van der Waals surface area contributed by atoms with Gasteiger partial charge in [0.25, 0.3) is 0 Å². The second-order valence-corrected chi connectivity index (χ2v) is 6.75. The van der Waals surface area contributed by atoms with E-state index in [4.69, 9.17) is 61.1 Å². The number of hydrogen-bond donors (Lipinski definition) is 0. The van der Waals surface area contributed by atoms with E-state index in [1.165, 1.54) is 0 Å². The van der Waals surface area contributed by atoms with Crippen LogP contribution in [0, 0.1) is 0 Å². The molecule has 0 fully saturated rings. The summed E-state index contributed by atoms with van der Waals surface area (Å²) in [5.41, 5.74) is 0. The summed E-state index contributed by atoms with van der Waals surface area (Å²) in [6, 6.07) is 0. The summed E-state index contributed by atoms with van der Waals surface area (Å²) in [4.78, 5) is 23.2. The number of halogens is 2. The Labute approximate surface area is 200 Å². The summed E-state index contributed by atoms with van der Waals surface area (Å²) >= 11 is 10.9. The quantitative estimate of drug-likeness (QED) is 0.102. The number of esters is 2. The van der Waals surface area contributed by atoms with Crippen LogP contribution in [0.25, 0.3) is 0 Å². The van der Waals surface area contributed by atoms with Crippen LogP contribution in [0.1, 0.15) is 12.8 Å². The Morgan fingerprint density at radius 2 is 0.656 bits per heavy atom. The molecule has 0 aromatic heterocycles. The molecule has 0 N–H and O–H groups in total. The second kappa shape index (κ2) is 26.5. The van der Waals surface area contributed by atoms with E-state index in [0.29, 0.717) is 77.8 Å². The lowest BCUT2D eigenvalue weighted by Gasteiger charge is -2.08. The van der Waals surface area contributed by atoms with Crippen LogP contribution in [0.4, 0.5) is 0 Å². The van der Waals surface area contributed by atoms with Gasteiger partial charge in [0.15, 0.2) is 0 Å². The molecule has 0 amide bonds. The van der Waals surface area contributed by atoms with Crippen LogP contribution in [0.15, 0.2) is 0 Å². The molecule has 0 bridgehead atoms. The molecule has 0 unspecified atom stereocenters. The third-order valence-electron chi connectivity index (χ3n) is 3.45. The molecule has 0 radical (unpaired) electrons.